The van der Waals surface area contributed by atoms with Gasteiger partial charge in [0.25, 0.3) is 0 Å². The molecule has 0 fully saturated rings. The number of nitrogens with zero attached hydrogens (tertiary/aromatic N) is 3. The fourth-order valence-electron chi connectivity index (χ4n) is 2.47. The van der Waals surface area contributed by atoms with Crippen LogP contribution in [0.25, 0.3) is 11.5 Å². The lowest BCUT2D eigenvalue weighted by molar-refractivity contribution is 0.182. The average molecular weight is 372 g/mol. The predicted molar refractivity (Wildman–Crippen MR) is 102 cm³/mol. The second-order valence-corrected chi connectivity index (χ2v) is 6.71. The van der Waals surface area contributed by atoms with Crippen LogP contribution in [-0.4, -0.2) is 35.3 Å². The van der Waals surface area contributed by atoms with Gasteiger partial charge >= 0.3 is 0 Å². The zero-order valence-corrected chi connectivity index (χ0v) is 15.9. The van der Waals surface area contributed by atoms with Gasteiger partial charge < -0.3 is 9.15 Å². The van der Waals surface area contributed by atoms with E-state index in [9.17, 15) is 0 Å². The minimum absolute atomic E-state index is 0.0166. The standard InChI is InChI=1S/C20H22ClN3O2/c1-14-7-9-18(10-8-14)25-12-11-24(3)15(2)19-22-23-20(26-19)16-5-4-6-17(21)13-16/h4-10,13,15H,11-12H2,1-3H3. The Morgan fingerprint density at radius 3 is 2.65 bits per heavy atom. The van der Waals surface area contributed by atoms with E-state index in [1.165, 1.54) is 5.56 Å². The summed E-state index contributed by atoms with van der Waals surface area (Å²) in [5, 5.41) is 8.95. The van der Waals surface area contributed by atoms with Crippen LogP contribution in [-0.2, 0) is 0 Å². The van der Waals surface area contributed by atoms with Crippen molar-refractivity contribution in [2.75, 3.05) is 20.2 Å². The third-order valence-electron chi connectivity index (χ3n) is 4.26. The Balaban J connectivity index is 1.56. The monoisotopic (exact) mass is 371 g/mol. The van der Waals surface area contributed by atoms with Gasteiger partial charge in [-0.05, 0) is 51.2 Å². The molecule has 1 atom stereocenters. The van der Waals surface area contributed by atoms with Crippen LogP contribution in [0.1, 0.15) is 24.4 Å². The number of aromatic nitrogens is 2. The average Bonchev–Trinajstić information content (AvgIpc) is 3.13. The topological polar surface area (TPSA) is 51.4 Å². The first-order valence-electron chi connectivity index (χ1n) is 8.52. The van der Waals surface area contributed by atoms with Crippen molar-refractivity contribution in [1.29, 1.82) is 0 Å². The second kappa shape index (κ2) is 8.34. The molecule has 3 rings (SSSR count). The van der Waals surface area contributed by atoms with Gasteiger partial charge in [0.1, 0.15) is 12.4 Å². The fraction of sp³-hybridized carbons (Fsp3) is 0.300. The summed E-state index contributed by atoms with van der Waals surface area (Å²) in [6.45, 7) is 5.41. The molecule has 1 unspecified atom stereocenters. The Hall–Kier alpha value is -2.37. The van der Waals surface area contributed by atoms with E-state index in [1.807, 2.05) is 62.5 Å². The van der Waals surface area contributed by atoms with Crippen molar-refractivity contribution in [3.8, 4) is 17.2 Å². The molecule has 6 heteroatoms. The highest BCUT2D eigenvalue weighted by Crippen LogP contribution is 2.25. The Bertz CT molecular complexity index is 848. The molecule has 0 aliphatic carbocycles. The molecule has 0 saturated heterocycles. The molecule has 2 aromatic carbocycles. The van der Waals surface area contributed by atoms with E-state index in [-0.39, 0.29) is 6.04 Å². The summed E-state index contributed by atoms with van der Waals surface area (Å²) in [6.07, 6.45) is 0. The van der Waals surface area contributed by atoms with Crippen molar-refractivity contribution >= 4 is 11.6 Å². The molecule has 0 aliphatic heterocycles. The molecule has 0 saturated carbocycles. The first kappa shape index (κ1) is 18.4. The van der Waals surface area contributed by atoms with E-state index in [0.717, 1.165) is 17.9 Å². The SMILES string of the molecule is Cc1ccc(OCCN(C)C(C)c2nnc(-c3cccc(Cl)c3)o2)cc1. The molecule has 0 radical (unpaired) electrons. The molecular formula is C20H22ClN3O2. The van der Waals surface area contributed by atoms with Crippen molar-refractivity contribution in [2.24, 2.45) is 0 Å². The van der Waals surface area contributed by atoms with E-state index in [1.54, 1.807) is 0 Å². The quantitative estimate of drug-likeness (QED) is 0.598. The minimum Gasteiger partial charge on any atom is -0.492 e. The zero-order chi connectivity index (χ0) is 18.5. The second-order valence-electron chi connectivity index (χ2n) is 6.27. The van der Waals surface area contributed by atoms with Crippen LogP contribution in [0.4, 0.5) is 0 Å². The van der Waals surface area contributed by atoms with Crippen LogP contribution in [0, 0.1) is 6.92 Å². The summed E-state index contributed by atoms with van der Waals surface area (Å²) in [5.74, 6) is 1.91. The molecule has 0 spiro atoms. The van der Waals surface area contributed by atoms with E-state index in [4.69, 9.17) is 20.8 Å². The van der Waals surface area contributed by atoms with E-state index >= 15 is 0 Å². The molecule has 0 bridgehead atoms. The number of rotatable bonds is 7. The number of likely N-dealkylation sites (N-methyl/N-ethyl adjacent to an activating group) is 1. The number of hydrogen-bond donors (Lipinski definition) is 0. The van der Waals surface area contributed by atoms with Gasteiger partial charge in [0, 0.05) is 17.1 Å². The van der Waals surface area contributed by atoms with Gasteiger partial charge in [-0.1, -0.05) is 35.4 Å². The number of ether oxygens (including phenoxy) is 1. The van der Waals surface area contributed by atoms with E-state index in [2.05, 4.69) is 22.0 Å². The summed E-state index contributed by atoms with van der Waals surface area (Å²) in [7, 11) is 2.01. The lowest BCUT2D eigenvalue weighted by Gasteiger charge is -2.21. The molecule has 26 heavy (non-hydrogen) atoms. The van der Waals surface area contributed by atoms with Gasteiger partial charge in [0.2, 0.25) is 11.8 Å². The summed E-state index contributed by atoms with van der Waals surface area (Å²) in [6, 6.07) is 15.4. The van der Waals surface area contributed by atoms with Gasteiger partial charge in [0.05, 0.1) is 6.04 Å². The molecule has 0 amide bonds. The van der Waals surface area contributed by atoms with Crippen molar-refractivity contribution < 1.29 is 9.15 Å². The normalized spacial score (nSPS) is 12.3. The first-order valence-corrected chi connectivity index (χ1v) is 8.90. The van der Waals surface area contributed by atoms with E-state index in [0.29, 0.717) is 23.4 Å². The highest BCUT2D eigenvalue weighted by molar-refractivity contribution is 6.30. The van der Waals surface area contributed by atoms with Crippen LogP contribution in [0.3, 0.4) is 0 Å². The highest BCUT2D eigenvalue weighted by Gasteiger charge is 2.19. The molecule has 1 heterocycles. The largest absolute Gasteiger partial charge is 0.492 e. The molecule has 3 aromatic rings. The summed E-state index contributed by atoms with van der Waals surface area (Å²) >= 11 is 6.02. The van der Waals surface area contributed by atoms with Crippen molar-refractivity contribution in [3.63, 3.8) is 0 Å². The highest BCUT2D eigenvalue weighted by atomic mass is 35.5. The van der Waals surface area contributed by atoms with Crippen LogP contribution in [0.5, 0.6) is 5.75 Å². The van der Waals surface area contributed by atoms with Crippen LogP contribution in [0.2, 0.25) is 5.02 Å². The van der Waals surface area contributed by atoms with Crippen LogP contribution >= 0.6 is 11.6 Å². The Morgan fingerprint density at radius 1 is 1.15 bits per heavy atom. The molecule has 136 valence electrons. The van der Waals surface area contributed by atoms with Crippen molar-refractivity contribution in [3.05, 3.63) is 65.0 Å². The lowest BCUT2D eigenvalue weighted by atomic mass is 10.2. The number of hydrogen-bond acceptors (Lipinski definition) is 5. The van der Waals surface area contributed by atoms with Crippen molar-refractivity contribution in [2.45, 2.75) is 19.9 Å². The third kappa shape index (κ3) is 4.62. The molecule has 1 aromatic heterocycles. The molecular weight excluding hydrogens is 350 g/mol. The fourth-order valence-corrected chi connectivity index (χ4v) is 2.66. The molecule has 0 aliphatic rings. The number of benzene rings is 2. The smallest absolute Gasteiger partial charge is 0.247 e. The predicted octanol–water partition coefficient (Wildman–Crippen LogP) is 4.77. The van der Waals surface area contributed by atoms with Crippen molar-refractivity contribution in [1.82, 2.24) is 15.1 Å². The Morgan fingerprint density at radius 2 is 1.92 bits per heavy atom. The first-order chi connectivity index (χ1) is 12.5. The Kier molecular flexibility index (Phi) is 5.91. The third-order valence-corrected chi connectivity index (χ3v) is 4.50. The number of halogens is 1. The van der Waals surface area contributed by atoms with E-state index < -0.39 is 0 Å². The molecule has 5 nitrogen and oxygen atoms in total. The zero-order valence-electron chi connectivity index (χ0n) is 15.1. The van der Waals surface area contributed by atoms with Crippen LogP contribution < -0.4 is 4.74 Å². The maximum Gasteiger partial charge on any atom is 0.247 e. The summed E-state index contributed by atoms with van der Waals surface area (Å²) in [4.78, 5) is 2.11. The van der Waals surface area contributed by atoms with Gasteiger partial charge in [-0.15, -0.1) is 10.2 Å². The van der Waals surface area contributed by atoms with Gasteiger partial charge in [-0.25, -0.2) is 0 Å². The number of aryl methyl sites for hydroxylation is 1. The summed E-state index contributed by atoms with van der Waals surface area (Å²) in [5.41, 5.74) is 2.03. The van der Waals surface area contributed by atoms with Gasteiger partial charge in [-0.2, -0.15) is 0 Å². The molecule has 0 N–H and O–H groups in total. The van der Waals surface area contributed by atoms with Gasteiger partial charge in [-0.3, -0.25) is 4.90 Å². The van der Waals surface area contributed by atoms with Gasteiger partial charge in [0.15, 0.2) is 0 Å². The Labute approximate surface area is 158 Å². The maximum atomic E-state index is 6.02. The lowest BCUT2D eigenvalue weighted by Crippen LogP contribution is -2.27. The van der Waals surface area contributed by atoms with Crippen LogP contribution in [0.15, 0.2) is 52.9 Å². The minimum atomic E-state index is -0.0166. The maximum absolute atomic E-state index is 6.02. The summed E-state index contributed by atoms with van der Waals surface area (Å²) < 4.78 is 11.6.